The molecule has 130 valence electrons. The Morgan fingerprint density at radius 3 is 2.62 bits per heavy atom. The van der Waals surface area contributed by atoms with Gasteiger partial charge in [-0.25, -0.2) is 4.68 Å². The van der Waals surface area contributed by atoms with Gasteiger partial charge in [-0.05, 0) is 29.8 Å². The predicted octanol–water partition coefficient (Wildman–Crippen LogP) is 2.82. The van der Waals surface area contributed by atoms with E-state index in [4.69, 9.17) is 21.8 Å². The number of hydrogen-bond donors (Lipinski definition) is 1. The minimum Gasteiger partial charge on any atom is -0.460 e. The summed E-state index contributed by atoms with van der Waals surface area (Å²) in [5.74, 6) is -0.142. The number of aromatic nitrogens is 2. The summed E-state index contributed by atoms with van der Waals surface area (Å²) in [5.41, 5.74) is 7.26. The molecule has 0 aliphatic carbocycles. The standard InChI is InChI=1S/C19H14ClN3O3/c20-12-7-5-11(6-8-12)9-15-17-18(13-3-1-2-4-14(13)26-15)22-23(19(17)25)10-16(21)24/h1-8H,9-10H2,(H2,21,24). The monoisotopic (exact) mass is 367 g/mol. The van der Waals surface area contributed by atoms with Gasteiger partial charge in [-0.3, -0.25) is 9.59 Å². The number of nitrogens with zero attached hydrogens (tertiary/aromatic N) is 2. The zero-order valence-corrected chi connectivity index (χ0v) is 14.4. The largest absolute Gasteiger partial charge is 0.460 e. The number of fused-ring (bicyclic) bond motifs is 3. The highest BCUT2D eigenvalue weighted by Crippen LogP contribution is 2.32. The van der Waals surface area contributed by atoms with Gasteiger partial charge < -0.3 is 10.2 Å². The molecule has 2 aliphatic rings. The fourth-order valence-corrected chi connectivity index (χ4v) is 3.11. The van der Waals surface area contributed by atoms with E-state index >= 15 is 0 Å². The van der Waals surface area contributed by atoms with Crippen LogP contribution in [0.2, 0.25) is 5.02 Å². The first-order valence-electron chi connectivity index (χ1n) is 7.97. The van der Waals surface area contributed by atoms with Gasteiger partial charge in [-0.2, -0.15) is 5.10 Å². The molecule has 2 heterocycles. The molecule has 0 spiro atoms. The van der Waals surface area contributed by atoms with Crippen LogP contribution in [0.5, 0.6) is 0 Å². The molecule has 2 aromatic carbocycles. The van der Waals surface area contributed by atoms with E-state index in [0.29, 0.717) is 39.4 Å². The average molecular weight is 368 g/mol. The van der Waals surface area contributed by atoms with Crippen LogP contribution in [0.1, 0.15) is 11.3 Å². The molecule has 0 aromatic heterocycles. The van der Waals surface area contributed by atoms with Crippen LogP contribution in [0.25, 0.3) is 22.2 Å². The summed E-state index contributed by atoms with van der Waals surface area (Å²) in [6.07, 6.45) is 0.399. The molecule has 0 saturated carbocycles. The number of hydrogen-bond acceptors (Lipinski definition) is 4. The molecule has 2 aromatic rings. The Kier molecular flexibility index (Phi) is 3.97. The number of primary amides is 1. The highest BCUT2D eigenvalue weighted by atomic mass is 35.5. The zero-order chi connectivity index (χ0) is 18.3. The van der Waals surface area contributed by atoms with Gasteiger partial charge in [0.2, 0.25) is 5.91 Å². The van der Waals surface area contributed by atoms with Crippen molar-refractivity contribution in [2.45, 2.75) is 13.0 Å². The average Bonchev–Trinajstić information content (AvgIpc) is 2.94. The molecule has 0 radical (unpaired) electrons. The quantitative estimate of drug-likeness (QED) is 0.600. The maximum atomic E-state index is 12.8. The van der Waals surface area contributed by atoms with Crippen molar-refractivity contribution in [3.8, 4) is 11.3 Å². The van der Waals surface area contributed by atoms with Crippen LogP contribution in [-0.4, -0.2) is 15.7 Å². The highest BCUT2D eigenvalue weighted by molar-refractivity contribution is 6.30. The molecule has 0 fully saturated rings. The second kappa shape index (κ2) is 6.31. The SMILES string of the molecule is NC(=O)Cn1nc2c3ccccc3oc(Cc3ccc(Cl)cc3)c-2c1=O. The van der Waals surface area contributed by atoms with Gasteiger partial charge in [-0.1, -0.05) is 35.9 Å². The van der Waals surface area contributed by atoms with Crippen LogP contribution in [0.15, 0.2) is 57.7 Å². The minimum atomic E-state index is -0.629. The molecule has 6 nitrogen and oxygen atoms in total. The molecular weight excluding hydrogens is 354 g/mol. The Morgan fingerprint density at radius 2 is 1.88 bits per heavy atom. The van der Waals surface area contributed by atoms with Gasteiger partial charge in [-0.15, -0.1) is 0 Å². The summed E-state index contributed by atoms with van der Waals surface area (Å²) < 4.78 is 7.09. The minimum absolute atomic E-state index is 0.276. The first-order valence-corrected chi connectivity index (χ1v) is 8.34. The summed E-state index contributed by atoms with van der Waals surface area (Å²) >= 11 is 5.93. The van der Waals surface area contributed by atoms with Crippen molar-refractivity contribution in [2.24, 2.45) is 5.73 Å². The summed E-state index contributed by atoms with van der Waals surface area (Å²) in [7, 11) is 0. The Balaban J connectivity index is 1.95. The lowest BCUT2D eigenvalue weighted by molar-refractivity contribution is -0.118. The van der Waals surface area contributed by atoms with Gasteiger partial charge >= 0.3 is 0 Å². The van der Waals surface area contributed by atoms with Gasteiger partial charge in [0.05, 0.1) is 0 Å². The van der Waals surface area contributed by atoms with Gasteiger partial charge in [0, 0.05) is 16.8 Å². The van der Waals surface area contributed by atoms with Crippen molar-refractivity contribution in [1.29, 1.82) is 0 Å². The summed E-state index contributed by atoms with van der Waals surface area (Å²) in [4.78, 5) is 24.0. The van der Waals surface area contributed by atoms with Crippen molar-refractivity contribution in [2.75, 3.05) is 0 Å². The molecule has 0 atom stereocenters. The molecule has 4 rings (SSSR count). The fourth-order valence-electron chi connectivity index (χ4n) is 2.99. The first-order chi connectivity index (χ1) is 12.5. The Hall–Kier alpha value is -3.12. The molecule has 2 aliphatic heterocycles. The van der Waals surface area contributed by atoms with Gasteiger partial charge in [0.15, 0.2) is 0 Å². The van der Waals surface area contributed by atoms with Crippen LogP contribution in [-0.2, 0) is 17.8 Å². The number of nitrogens with two attached hydrogens (primary N) is 1. The van der Waals surface area contributed by atoms with E-state index in [1.54, 1.807) is 12.1 Å². The predicted molar refractivity (Wildman–Crippen MR) is 98.3 cm³/mol. The molecule has 0 bridgehead atoms. The third-order valence-electron chi connectivity index (χ3n) is 4.14. The first kappa shape index (κ1) is 16.4. The number of rotatable bonds is 4. The summed E-state index contributed by atoms with van der Waals surface area (Å²) in [6.45, 7) is -0.276. The number of amides is 1. The van der Waals surface area contributed by atoms with Gasteiger partial charge in [0.25, 0.3) is 5.56 Å². The maximum Gasteiger partial charge on any atom is 0.280 e. The van der Waals surface area contributed by atoms with Crippen molar-refractivity contribution >= 4 is 28.5 Å². The molecule has 2 N–H and O–H groups in total. The lowest BCUT2D eigenvalue weighted by Gasteiger charge is -2.09. The van der Waals surface area contributed by atoms with E-state index in [0.717, 1.165) is 10.2 Å². The molecule has 7 heteroatoms. The van der Waals surface area contributed by atoms with Gasteiger partial charge in [0.1, 0.15) is 29.1 Å². The van der Waals surface area contributed by atoms with Crippen LogP contribution in [0.4, 0.5) is 0 Å². The number of para-hydroxylation sites is 1. The number of halogens is 1. The summed E-state index contributed by atoms with van der Waals surface area (Å²) in [6, 6.07) is 14.6. The maximum absolute atomic E-state index is 12.8. The molecule has 0 saturated heterocycles. The molecule has 1 amide bonds. The lowest BCUT2D eigenvalue weighted by atomic mass is 10.0. The van der Waals surface area contributed by atoms with Crippen LogP contribution in [0, 0.1) is 0 Å². The topological polar surface area (TPSA) is 91.1 Å². The van der Waals surface area contributed by atoms with E-state index in [1.807, 2.05) is 36.4 Å². The highest BCUT2D eigenvalue weighted by Gasteiger charge is 2.25. The second-order valence-electron chi connectivity index (χ2n) is 5.98. The zero-order valence-electron chi connectivity index (χ0n) is 13.6. The van der Waals surface area contributed by atoms with E-state index in [-0.39, 0.29) is 6.54 Å². The van der Waals surface area contributed by atoms with Crippen molar-refractivity contribution in [3.05, 3.63) is 75.2 Å². The van der Waals surface area contributed by atoms with E-state index in [1.165, 1.54) is 0 Å². The number of carbonyl (C=O) groups excluding carboxylic acids is 1. The fraction of sp³-hybridized carbons (Fsp3) is 0.105. The van der Waals surface area contributed by atoms with Crippen LogP contribution in [0.3, 0.4) is 0 Å². The smallest absolute Gasteiger partial charge is 0.280 e. The normalized spacial score (nSPS) is 11.3. The third-order valence-corrected chi connectivity index (χ3v) is 4.40. The third kappa shape index (κ3) is 2.84. The Bertz CT molecular complexity index is 1150. The van der Waals surface area contributed by atoms with Crippen molar-refractivity contribution in [1.82, 2.24) is 9.78 Å². The van der Waals surface area contributed by atoms with E-state index < -0.39 is 11.5 Å². The van der Waals surface area contributed by atoms with E-state index in [2.05, 4.69) is 5.10 Å². The Labute approximate surface area is 153 Å². The van der Waals surface area contributed by atoms with Crippen molar-refractivity contribution < 1.29 is 9.21 Å². The number of carbonyl (C=O) groups is 1. The van der Waals surface area contributed by atoms with Crippen molar-refractivity contribution in [3.63, 3.8) is 0 Å². The molecular formula is C19H14ClN3O3. The van der Waals surface area contributed by atoms with Crippen LogP contribution < -0.4 is 11.3 Å². The van der Waals surface area contributed by atoms with E-state index in [9.17, 15) is 9.59 Å². The molecule has 0 unspecified atom stereocenters. The second-order valence-corrected chi connectivity index (χ2v) is 6.41. The summed E-state index contributed by atoms with van der Waals surface area (Å²) in [5, 5.41) is 5.66. The molecule has 26 heavy (non-hydrogen) atoms. The lowest BCUT2D eigenvalue weighted by Crippen LogP contribution is -2.26. The van der Waals surface area contributed by atoms with Crippen LogP contribution >= 0.6 is 11.6 Å². The Morgan fingerprint density at radius 1 is 1.15 bits per heavy atom. The number of benzene rings is 2.